The number of nitrogens with one attached hydrogen (secondary N) is 2. The number of rotatable bonds is 6. The van der Waals surface area contributed by atoms with Crippen LogP contribution in [0.25, 0.3) is 0 Å². The minimum Gasteiger partial charge on any atom is -0.381 e. The summed E-state index contributed by atoms with van der Waals surface area (Å²) in [6.45, 7) is 4.52. The van der Waals surface area contributed by atoms with Gasteiger partial charge in [-0.15, -0.1) is 0 Å². The molecule has 0 bridgehead atoms. The van der Waals surface area contributed by atoms with E-state index in [1.807, 2.05) is 6.07 Å². The van der Waals surface area contributed by atoms with Crippen molar-refractivity contribution in [1.29, 1.82) is 5.26 Å². The Hall–Kier alpha value is -1.12. The minimum atomic E-state index is -0.0424. The lowest BCUT2D eigenvalue weighted by Crippen LogP contribution is -2.42. The fourth-order valence-electron chi connectivity index (χ4n) is 1.96. The maximum atomic E-state index is 11.4. The van der Waals surface area contributed by atoms with Crippen molar-refractivity contribution >= 4 is 5.91 Å². The first-order valence-corrected chi connectivity index (χ1v) is 6.19. The number of nitrogens with zero attached hydrogens (tertiary/aromatic N) is 1. The van der Waals surface area contributed by atoms with Gasteiger partial charge in [-0.2, -0.15) is 5.26 Å². The van der Waals surface area contributed by atoms with Gasteiger partial charge in [-0.05, 0) is 25.7 Å². The number of hydrogen-bond donors (Lipinski definition) is 2. The molecular weight excluding hydrogens is 218 g/mol. The SMILES string of the molecule is CC(NCC(=O)NCCC#N)C1CCOCC1. The minimum absolute atomic E-state index is 0.0424. The largest absolute Gasteiger partial charge is 0.381 e. The van der Waals surface area contributed by atoms with E-state index in [0.29, 0.717) is 31.5 Å². The van der Waals surface area contributed by atoms with Gasteiger partial charge in [-0.25, -0.2) is 0 Å². The molecule has 1 atom stereocenters. The van der Waals surface area contributed by atoms with E-state index in [9.17, 15) is 4.79 Å². The predicted molar refractivity (Wildman–Crippen MR) is 64.2 cm³/mol. The monoisotopic (exact) mass is 239 g/mol. The molecule has 96 valence electrons. The van der Waals surface area contributed by atoms with Crippen LogP contribution >= 0.6 is 0 Å². The smallest absolute Gasteiger partial charge is 0.233 e. The van der Waals surface area contributed by atoms with Crippen molar-refractivity contribution in [3.8, 4) is 6.07 Å². The number of amides is 1. The van der Waals surface area contributed by atoms with E-state index in [0.717, 1.165) is 26.1 Å². The number of carbonyl (C=O) groups is 1. The topological polar surface area (TPSA) is 74.2 Å². The van der Waals surface area contributed by atoms with Crippen molar-refractivity contribution in [2.75, 3.05) is 26.3 Å². The number of ether oxygens (including phenoxy) is 1. The van der Waals surface area contributed by atoms with E-state index in [-0.39, 0.29) is 5.91 Å². The highest BCUT2D eigenvalue weighted by atomic mass is 16.5. The van der Waals surface area contributed by atoms with Crippen LogP contribution in [0.3, 0.4) is 0 Å². The van der Waals surface area contributed by atoms with Crippen LogP contribution in [-0.4, -0.2) is 38.3 Å². The standard InChI is InChI=1S/C12H21N3O2/c1-10(11-3-7-17-8-4-11)15-9-12(16)14-6-2-5-13/h10-11,15H,2-4,6-9H2,1H3,(H,14,16). The Kier molecular flexibility index (Phi) is 6.60. The van der Waals surface area contributed by atoms with Gasteiger partial charge in [-0.3, -0.25) is 4.79 Å². The number of nitriles is 1. The van der Waals surface area contributed by atoms with Gasteiger partial charge in [-0.1, -0.05) is 0 Å². The van der Waals surface area contributed by atoms with Crippen LogP contribution in [0.2, 0.25) is 0 Å². The van der Waals surface area contributed by atoms with Gasteiger partial charge in [0, 0.05) is 25.8 Å². The normalized spacial score (nSPS) is 18.4. The molecule has 1 fully saturated rings. The molecule has 0 saturated carbocycles. The van der Waals surface area contributed by atoms with Gasteiger partial charge in [0.2, 0.25) is 5.91 Å². The molecule has 17 heavy (non-hydrogen) atoms. The average molecular weight is 239 g/mol. The second kappa shape index (κ2) is 8.04. The van der Waals surface area contributed by atoms with E-state index >= 15 is 0 Å². The summed E-state index contributed by atoms with van der Waals surface area (Å²) in [5, 5.41) is 14.3. The summed E-state index contributed by atoms with van der Waals surface area (Å²) >= 11 is 0. The Labute approximate surface area is 103 Å². The Morgan fingerprint density at radius 3 is 2.88 bits per heavy atom. The zero-order chi connectivity index (χ0) is 12.5. The fraction of sp³-hybridized carbons (Fsp3) is 0.833. The zero-order valence-corrected chi connectivity index (χ0v) is 10.4. The first-order chi connectivity index (χ1) is 8.24. The van der Waals surface area contributed by atoms with Gasteiger partial charge in [0.1, 0.15) is 0 Å². The third-order valence-corrected chi connectivity index (χ3v) is 3.12. The Morgan fingerprint density at radius 1 is 1.53 bits per heavy atom. The summed E-state index contributed by atoms with van der Waals surface area (Å²) in [5.41, 5.74) is 0. The lowest BCUT2D eigenvalue weighted by Gasteiger charge is -2.28. The van der Waals surface area contributed by atoms with Crippen molar-refractivity contribution < 1.29 is 9.53 Å². The Balaban J connectivity index is 2.11. The van der Waals surface area contributed by atoms with E-state index < -0.39 is 0 Å². The fourth-order valence-corrected chi connectivity index (χ4v) is 1.96. The summed E-state index contributed by atoms with van der Waals surface area (Å²) in [4.78, 5) is 11.4. The van der Waals surface area contributed by atoms with Gasteiger partial charge in [0.05, 0.1) is 19.0 Å². The second-order valence-corrected chi connectivity index (χ2v) is 4.38. The van der Waals surface area contributed by atoms with E-state index in [1.54, 1.807) is 0 Å². The van der Waals surface area contributed by atoms with Gasteiger partial charge in [0.15, 0.2) is 0 Å². The molecule has 1 rings (SSSR count). The summed E-state index contributed by atoms with van der Waals surface area (Å²) in [6.07, 6.45) is 2.48. The second-order valence-electron chi connectivity index (χ2n) is 4.38. The van der Waals surface area contributed by atoms with Crippen LogP contribution in [0.15, 0.2) is 0 Å². The molecule has 0 aromatic heterocycles. The molecule has 0 radical (unpaired) electrons. The number of hydrogen-bond acceptors (Lipinski definition) is 4. The molecular formula is C12H21N3O2. The predicted octanol–water partition coefficient (Wildman–Crippen LogP) is 0.421. The molecule has 1 saturated heterocycles. The Bertz CT molecular complexity index is 269. The third kappa shape index (κ3) is 5.66. The molecule has 0 aromatic rings. The van der Waals surface area contributed by atoms with E-state index in [2.05, 4.69) is 17.6 Å². The molecule has 1 amide bonds. The number of carbonyl (C=O) groups excluding carboxylic acids is 1. The van der Waals surface area contributed by atoms with Crippen LogP contribution in [0, 0.1) is 17.2 Å². The van der Waals surface area contributed by atoms with Gasteiger partial charge >= 0.3 is 0 Å². The molecule has 5 nitrogen and oxygen atoms in total. The first-order valence-electron chi connectivity index (χ1n) is 6.19. The van der Waals surface area contributed by atoms with E-state index in [1.165, 1.54) is 0 Å². The summed E-state index contributed by atoms with van der Waals surface area (Å²) in [6, 6.07) is 2.32. The van der Waals surface area contributed by atoms with Crippen molar-refractivity contribution in [3.05, 3.63) is 0 Å². The van der Waals surface area contributed by atoms with E-state index in [4.69, 9.17) is 10.00 Å². The van der Waals surface area contributed by atoms with Crippen molar-refractivity contribution in [1.82, 2.24) is 10.6 Å². The molecule has 0 spiro atoms. The molecule has 0 aromatic carbocycles. The lowest BCUT2D eigenvalue weighted by atomic mass is 9.93. The van der Waals surface area contributed by atoms with Gasteiger partial charge < -0.3 is 15.4 Å². The van der Waals surface area contributed by atoms with Crippen LogP contribution in [0.1, 0.15) is 26.2 Å². The average Bonchev–Trinajstić information content (AvgIpc) is 2.37. The van der Waals surface area contributed by atoms with Crippen molar-refractivity contribution in [2.45, 2.75) is 32.2 Å². The highest BCUT2D eigenvalue weighted by molar-refractivity contribution is 5.77. The van der Waals surface area contributed by atoms with Crippen LogP contribution < -0.4 is 10.6 Å². The summed E-state index contributed by atoms with van der Waals surface area (Å²) in [5.74, 6) is 0.551. The highest BCUT2D eigenvalue weighted by Gasteiger charge is 2.20. The van der Waals surface area contributed by atoms with Crippen molar-refractivity contribution in [2.24, 2.45) is 5.92 Å². The first kappa shape index (κ1) is 13.9. The highest BCUT2D eigenvalue weighted by Crippen LogP contribution is 2.18. The Morgan fingerprint density at radius 2 is 2.24 bits per heavy atom. The maximum Gasteiger partial charge on any atom is 0.233 e. The molecule has 1 unspecified atom stereocenters. The quantitative estimate of drug-likeness (QED) is 0.659. The van der Waals surface area contributed by atoms with Crippen LogP contribution in [0.5, 0.6) is 0 Å². The zero-order valence-electron chi connectivity index (χ0n) is 10.4. The molecule has 1 aliphatic rings. The third-order valence-electron chi connectivity index (χ3n) is 3.12. The lowest BCUT2D eigenvalue weighted by molar-refractivity contribution is -0.120. The maximum absolute atomic E-state index is 11.4. The molecule has 5 heteroatoms. The summed E-state index contributed by atoms with van der Waals surface area (Å²) in [7, 11) is 0. The molecule has 2 N–H and O–H groups in total. The molecule has 0 aliphatic carbocycles. The van der Waals surface area contributed by atoms with Crippen molar-refractivity contribution in [3.63, 3.8) is 0 Å². The van der Waals surface area contributed by atoms with Gasteiger partial charge in [0.25, 0.3) is 0 Å². The van der Waals surface area contributed by atoms with Crippen LogP contribution in [0.4, 0.5) is 0 Å². The molecule has 1 heterocycles. The summed E-state index contributed by atoms with van der Waals surface area (Å²) < 4.78 is 5.30. The molecule has 1 aliphatic heterocycles. The van der Waals surface area contributed by atoms with Crippen LogP contribution in [-0.2, 0) is 9.53 Å².